The molecule has 0 spiro atoms. The number of rotatable bonds is 7. The molecule has 0 aliphatic carbocycles. The van der Waals surface area contributed by atoms with Crippen molar-refractivity contribution in [1.29, 1.82) is 0 Å². The van der Waals surface area contributed by atoms with E-state index < -0.39 is 0 Å². The Balaban J connectivity index is 1.82. The van der Waals surface area contributed by atoms with Crippen molar-refractivity contribution in [3.8, 4) is 0 Å². The second-order valence-corrected chi connectivity index (χ2v) is 4.60. The largest absolute Gasteiger partial charge is 0.384 e. The van der Waals surface area contributed by atoms with Crippen molar-refractivity contribution in [2.45, 2.75) is 26.8 Å². The fourth-order valence-electron chi connectivity index (χ4n) is 1.81. The molecule has 0 radical (unpaired) electrons. The number of anilines is 2. The van der Waals surface area contributed by atoms with Crippen LogP contribution in [0.3, 0.4) is 0 Å². The van der Waals surface area contributed by atoms with Crippen molar-refractivity contribution in [2.75, 3.05) is 23.7 Å². The lowest BCUT2D eigenvalue weighted by molar-refractivity contribution is 0.637. The van der Waals surface area contributed by atoms with E-state index in [0.717, 1.165) is 37.4 Å². The third-order valence-corrected chi connectivity index (χ3v) is 2.75. The Morgan fingerprint density at radius 2 is 1.84 bits per heavy atom. The highest BCUT2D eigenvalue weighted by molar-refractivity contribution is 5.53. The highest BCUT2D eigenvalue weighted by atomic mass is 15.3. The molecular formula is C14H21N5. The molecule has 0 unspecified atom stereocenters. The number of hydrogen-bond donors (Lipinski definition) is 2. The van der Waals surface area contributed by atoms with Gasteiger partial charge in [-0.3, -0.25) is 9.67 Å². The van der Waals surface area contributed by atoms with Gasteiger partial charge in [0.1, 0.15) is 0 Å². The summed E-state index contributed by atoms with van der Waals surface area (Å²) < 4.78 is 1.94. The summed E-state index contributed by atoms with van der Waals surface area (Å²) in [5, 5.41) is 10.9. The number of nitrogens with zero attached hydrogens (tertiary/aromatic N) is 3. The van der Waals surface area contributed by atoms with Gasteiger partial charge in [0.05, 0.1) is 36.5 Å². The van der Waals surface area contributed by atoms with Gasteiger partial charge in [0.2, 0.25) is 0 Å². The molecule has 0 aromatic carbocycles. The Labute approximate surface area is 114 Å². The van der Waals surface area contributed by atoms with Gasteiger partial charge in [-0.15, -0.1) is 0 Å². The van der Waals surface area contributed by atoms with Crippen LogP contribution in [-0.4, -0.2) is 27.9 Å². The number of aryl methyl sites for hydroxylation is 1. The van der Waals surface area contributed by atoms with Gasteiger partial charge in [0.25, 0.3) is 0 Å². The maximum Gasteiger partial charge on any atom is 0.0582 e. The summed E-state index contributed by atoms with van der Waals surface area (Å²) in [6.07, 6.45) is 8.70. The van der Waals surface area contributed by atoms with Crippen molar-refractivity contribution < 1.29 is 0 Å². The zero-order chi connectivity index (χ0) is 13.5. The molecule has 19 heavy (non-hydrogen) atoms. The average molecular weight is 259 g/mol. The number of nitrogens with one attached hydrogen (secondary N) is 2. The van der Waals surface area contributed by atoms with Crippen LogP contribution >= 0.6 is 0 Å². The lowest BCUT2D eigenvalue weighted by Crippen LogP contribution is -2.11. The van der Waals surface area contributed by atoms with Crippen molar-refractivity contribution in [3.63, 3.8) is 0 Å². The molecule has 5 heteroatoms. The van der Waals surface area contributed by atoms with Crippen LogP contribution in [0.5, 0.6) is 0 Å². The van der Waals surface area contributed by atoms with Gasteiger partial charge in [-0.05, 0) is 25.0 Å². The second kappa shape index (κ2) is 6.78. The summed E-state index contributed by atoms with van der Waals surface area (Å²) in [6.45, 7) is 6.84. The minimum absolute atomic E-state index is 0.833. The van der Waals surface area contributed by atoms with Crippen LogP contribution in [0.1, 0.15) is 18.9 Å². The standard InChI is InChI=1S/C14H21N5/c1-3-4-16-13-7-14(10-15-9-13)17-5-6-19-11-12(2)8-18-19/h7-11,16-17H,3-6H2,1-2H3. The van der Waals surface area contributed by atoms with Crippen LogP contribution in [0.15, 0.2) is 30.9 Å². The van der Waals surface area contributed by atoms with E-state index in [2.05, 4.69) is 33.7 Å². The molecule has 0 fully saturated rings. The normalized spacial score (nSPS) is 10.4. The zero-order valence-electron chi connectivity index (χ0n) is 11.6. The molecule has 2 heterocycles. The lowest BCUT2D eigenvalue weighted by atomic mass is 10.3. The fourth-order valence-corrected chi connectivity index (χ4v) is 1.81. The van der Waals surface area contributed by atoms with Gasteiger partial charge < -0.3 is 10.6 Å². The summed E-state index contributed by atoms with van der Waals surface area (Å²) in [5.74, 6) is 0. The van der Waals surface area contributed by atoms with Gasteiger partial charge in [-0.25, -0.2) is 0 Å². The van der Waals surface area contributed by atoms with Gasteiger partial charge in [-0.2, -0.15) is 5.10 Å². The third-order valence-electron chi connectivity index (χ3n) is 2.75. The van der Waals surface area contributed by atoms with Crippen molar-refractivity contribution >= 4 is 11.4 Å². The van der Waals surface area contributed by atoms with E-state index in [9.17, 15) is 0 Å². The summed E-state index contributed by atoms with van der Waals surface area (Å²) >= 11 is 0. The smallest absolute Gasteiger partial charge is 0.0582 e. The van der Waals surface area contributed by atoms with Crippen LogP contribution in [0.25, 0.3) is 0 Å². The lowest BCUT2D eigenvalue weighted by Gasteiger charge is -2.09. The molecule has 0 atom stereocenters. The van der Waals surface area contributed by atoms with Crippen LogP contribution in [0.4, 0.5) is 11.4 Å². The summed E-state index contributed by atoms with van der Waals surface area (Å²) in [7, 11) is 0. The molecule has 2 N–H and O–H groups in total. The van der Waals surface area contributed by atoms with E-state index in [-0.39, 0.29) is 0 Å². The average Bonchev–Trinajstić information content (AvgIpc) is 2.83. The number of pyridine rings is 1. The molecule has 0 amide bonds. The van der Waals surface area contributed by atoms with Crippen LogP contribution in [-0.2, 0) is 6.54 Å². The second-order valence-electron chi connectivity index (χ2n) is 4.60. The zero-order valence-corrected chi connectivity index (χ0v) is 11.6. The van der Waals surface area contributed by atoms with Gasteiger partial charge in [0.15, 0.2) is 0 Å². The molecular weight excluding hydrogens is 238 g/mol. The molecule has 0 aliphatic rings. The van der Waals surface area contributed by atoms with E-state index in [1.54, 1.807) is 0 Å². The Bertz CT molecular complexity index is 506. The number of hydrogen-bond acceptors (Lipinski definition) is 4. The molecule has 2 aromatic rings. The predicted octanol–water partition coefficient (Wildman–Crippen LogP) is 2.52. The molecule has 5 nitrogen and oxygen atoms in total. The molecule has 0 saturated heterocycles. The Morgan fingerprint density at radius 3 is 2.47 bits per heavy atom. The molecule has 2 rings (SSSR count). The minimum atomic E-state index is 0.833. The van der Waals surface area contributed by atoms with E-state index in [4.69, 9.17) is 0 Å². The fraction of sp³-hybridized carbons (Fsp3) is 0.429. The maximum atomic E-state index is 4.25. The van der Waals surface area contributed by atoms with E-state index >= 15 is 0 Å². The first-order chi connectivity index (χ1) is 9.28. The Morgan fingerprint density at radius 1 is 1.11 bits per heavy atom. The van der Waals surface area contributed by atoms with E-state index in [1.165, 1.54) is 5.56 Å². The number of aromatic nitrogens is 3. The summed E-state index contributed by atoms with van der Waals surface area (Å²) in [6, 6.07) is 2.08. The topological polar surface area (TPSA) is 54.8 Å². The Hall–Kier alpha value is -2.04. The summed E-state index contributed by atoms with van der Waals surface area (Å²) in [4.78, 5) is 4.22. The monoisotopic (exact) mass is 259 g/mol. The first-order valence-corrected chi connectivity index (χ1v) is 6.70. The van der Waals surface area contributed by atoms with E-state index in [1.807, 2.05) is 36.4 Å². The van der Waals surface area contributed by atoms with Crippen LogP contribution in [0, 0.1) is 6.92 Å². The van der Waals surface area contributed by atoms with Crippen molar-refractivity contribution in [3.05, 3.63) is 36.4 Å². The van der Waals surface area contributed by atoms with Gasteiger partial charge in [0, 0.05) is 19.3 Å². The van der Waals surface area contributed by atoms with Crippen molar-refractivity contribution in [1.82, 2.24) is 14.8 Å². The SMILES string of the molecule is CCCNc1cncc(NCCn2cc(C)cn2)c1. The van der Waals surface area contributed by atoms with Crippen LogP contribution in [0.2, 0.25) is 0 Å². The third kappa shape index (κ3) is 4.28. The van der Waals surface area contributed by atoms with Gasteiger partial charge in [-0.1, -0.05) is 6.92 Å². The van der Waals surface area contributed by atoms with Crippen molar-refractivity contribution in [2.24, 2.45) is 0 Å². The highest BCUT2D eigenvalue weighted by Gasteiger charge is 1.97. The summed E-state index contributed by atoms with van der Waals surface area (Å²) in [5.41, 5.74) is 3.28. The maximum absolute atomic E-state index is 4.25. The van der Waals surface area contributed by atoms with Crippen LogP contribution < -0.4 is 10.6 Å². The first-order valence-electron chi connectivity index (χ1n) is 6.70. The van der Waals surface area contributed by atoms with E-state index in [0.29, 0.717) is 0 Å². The molecule has 2 aromatic heterocycles. The predicted molar refractivity (Wildman–Crippen MR) is 78.5 cm³/mol. The molecule has 0 aliphatic heterocycles. The van der Waals surface area contributed by atoms with Gasteiger partial charge >= 0.3 is 0 Å². The quantitative estimate of drug-likeness (QED) is 0.802. The molecule has 102 valence electrons. The molecule has 0 saturated carbocycles. The minimum Gasteiger partial charge on any atom is -0.384 e. The highest BCUT2D eigenvalue weighted by Crippen LogP contribution is 2.12. The first kappa shape index (κ1) is 13.4. The Kier molecular flexibility index (Phi) is 4.78. The molecule has 0 bridgehead atoms.